The maximum Gasteiger partial charge on any atom is 0.370 e. The Morgan fingerprint density at radius 2 is 1.58 bits per heavy atom. The molecule has 12 heteroatoms. The summed E-state index contributed by atoms with van der Waals surface area (Å²) in [6.45, 7) is 2.48. The Kier molecular flexibility index (Phi) is 8.39. The molecule has 1 atom stereocenters. The van der Waals surface area contributed by atoms with Crippen molar-refractivity contribution >= 4 is 106 Å². The summed E-state index contributed by atoms with van der Waals surface area (Å²) in [4.78, 5) is 12.4. The first-order valence-electron chi connectivity index (χ1n) is 6.09. The number of ether oxygens (including phenoxy) is 1. The average molecular weight is 811 g/mol. The first-order chi connectivity index (χ1) is 10.7. The number of hydrogen-bond acceptors (Lipinski definition) is 5. The van der Waals surface area contributed by atoms with Crippen molar-refractivity contribution in [2.45, 2.75) is 25.2 Å². The summed E-state index contributed by atoms with van der Waals surface area (Å²) in [6, 6.07) is 1.80. The number of alkyl halides is 2. The van der Waals surface area contributed by atoms with Crippen molar-refractivity contribution in [3.8, 4) is 0 Å². The molecule has 1 unspecified atom stereocenters. The van der Waals surface area contributed by atoms with E-state index in [1.54, 1.807) is 6.07 Å². The third kappa shape index (κ3) is 5.00. The predicted octanol–water partition coefficient (Wildman–Crippen LogP) is 4.42. The number of benzene rings is 1. The molecule has 0 radical (unpaired) electrons. The Morgan fingerprint density at radius 3 is 1.92 bits per heavy atom. The number of esters is 1. The maximum atomic E-state index is 13.9. The van der Waals surface area contributed by atoms with E-state index < -0.39 is 33.4 Å². The molecular weight excluding hydrogens is 802 g/mol. The van der Waals surface area contributed by atoms with E-state index in [4.69, 9.17) is 4.74 Å². The smallest absolute Gasteiger partial charge is 0.370 e. The minimum absolute atomic E-state index is 0.0669. The van der Waals surface area contributed by atoms with Crippen molar-refractivity contribution < 1.29 is 31.3 Å². The summed E-state index contributed by atoms with van der Waals surface area (Å²) in [6.07, 6.45) is -2.38. The zero-order chi connectivity index (χ0) is 19.0. The lowest BCUT2D eigenvalue weighted by molar-refractivity contribution is -0.0826. The molecule has 0 bridgehead atoms. The van der Waals surface area contributed by atoms with E-state index in [0.717, 1.165) is 0 Å². The van der Waals surface area contributed by atoms with Gasteiger partial charge in [0.05, 0.1) is 5.56 Å². The topological polar surface area (TPSA) is 83.5 Å². The van der Waals surface area contributed by atoms with Gasteiger partial charge in [0.1, 0.15) is 0 Å². The molecule has 0 aromatic heterocycles. The second-order valence-corrected chi connectivity index (χ2v) is 10.9. The zero-order valence-corrected chi connectivity index (χ0v) is 21.4. The van der Waals surface area contributed by atoms with Crippen molar-refractivity contribution in [3.05, 3.63) is 25.9 Å². The van der Waals surface area contributed by atoms with Gasteiger partial charge in [-0.1, -0.05) is 13.8 Å². The summed E-state index contributed by atoms with van der Waals surface area (Å²) in [5.41, 5.74) is 0.0669. The first kappa shape index (κ1) is 23.4. The molecule has 0 saturated carbocycles. The molecule has 0 fully saturated rings. The van der Waals surface area contributed by atoms with E-state index in [2.05, 4.69) is 0 Å². The van der Waals surface area contributed by atoms with Crippen molar-refractivity contribution in [2.24, 2.45) is 5.92 Å². The van der Waals surface area contributed by atoms with Crippen LogP contribution < -0.4 is 0 Å². The molecule has 0 aliphatic carbocycles. The highest BCUT2D eigenvalue weighted by Gasteiger charge is 2.51. The number of carbonyl (C=O) groups excluding carboxylic acids is 1. The van der Waals surface area contributed by atoms with Crippen LogP contribution in [0.15, 0.2) is 6.07 Å². The van der Waals surface area contributed by atoms with Crippen molar-refractivity contribution in [1.82, 2.24) is 0 Å². The number of carbonyl (C=O) groups is 1. The van der Waals surface area contributed by atoms with Crippen molar-refractivity contribution in [3.63, 3.8) is 0 Å². The molecule has 0 heterocycles. The second-order valence-electron chi connectivity index (χ2n) is 4.93. The van der Waals surface area contributed by atoms with E-state index >= 15 is 0 Å². The fourth-order valence-corrected chi connectivity index (χ4v) is 5.83. The Morgan fingerprint density at radius 1 is 1.17 bits per heavy atom. The molecule has 0 N–H and O–H groups in total. The maximum absolute atomic E-state index is 13.9. The third-order valence-corrected chi connectivity index (χ3v) is 9.73. The Balaban J connectivity index is 3.36. The molecular formula is C12H9F2I4O5S-. The van der Waals surface area contributed by atoms with Gasteiger partial charge in [0.15, 0.2) is 16.2 Å². The van der Waals surface area contributed by atoms with Crippen molar-refractivity contribution in [2.75, 3.05) is 0 Å². The second kappa shape index (κ2) is 8.59. The average Bonchev–Trinajstić information content (AvgIpc) is 2.41. The largest absolute Gasteiger partial charge is 0.743 e. The molecule has 1 aromatic carbocycles. The Labute approximate surface area is 192 Å². The molecule has 136 valence electrons. The van der Waals surface area contributed by atoms with E-state index in [0.29, 0.717) is 14.3 Å². The fraction of sp³-hybridized carbons (Fsp3) is 0.417. The van der Waals surface area contributed by atoms with Gasteiger partial charge in [0, 0.05) is 14.3 Å². The zero-order valence-electron chi connectivity index (χ0n) is 11.9. The van der Waals surface area contributed by atoms with Crippen LogP contribution in [0.1, 0.15) is 24.2 Å². The molecule has 1 aromatic rings. The third-order valence-electron chi connectivity index (χ3n) is 2.82. The van der Waals surface area contributed by atoms with Crippen LogP contribution in [-0.4, -0.2) is 30.3 Å². The lowest BCUT2D eigenvalue weighted by atomic mass is 10.1. The van der Waals surface area contributed by atoms with Gasteiger partial charge in [-0.25, -0.2) is 13.2 Å². The van der Waals surface area contributed by atoms with Gasteiger partial charge in [-0.3, -0.25) is 0 Å². The highest BCUT2D eigenvalue weighted by atomic mass is 127. The first-order valence-corrected chi connectivity index (χ1v) is 11.8. The Bertz CT molecular complexity index is 741. The summed E-state index contributed by atoms with van der Waals surface area (Å²) < 4.78 is 67.6. The quantitative estimate of drug-likeness (QED) is 0.191. The van der Waals surface area contributed by atoms with Gasteiger partial charge in [-0.05, 0) is 102 Å². The molecule has 0 spiro atoms. The summed E-state index contributed by atoms with van der Waals surface area (Å²) in [7, 11) is -5.98. The lowest BCUT2D eigenvalue weighted by Gasteiger charge is -2.31. The number of hydrogen-bond donors (Lipinski definition) is 0. The van der Waals surface area contributed by atoms with E-state index in [1.807, 2.05) is 90.4 Å². The molecule has 0 saturated heterocycles. The number of halogens is 6. The van der Waals surface area contributed by atoms with E-state index in [-0.39, 0.29) is 5.56 Å². The van der Waals surface area contributed by atoms with Gasteiger partial charge in [0.2, 0.25) is 0 Å². The van der Waals surface area contributed by atoms with Crippen LogP contribution in [0, 0.1) is 20.2 Å². The van der Waals surface area contributed by atoms with Crippen LogP contribution in [-0.2, 0) is 14.9 Å². The standard InChI is InChI=1S/C12H10F2I4O5S/c1-4(2)10(12(13,14)24(20,21)22)23-11(19)7-8(17)5(15)3-6(16)9(7)18/h3-4,10H,1-2H3,(H,20,21,22)/p-1. The van der Waals surface area contributed by atoms with Crippen LogP contribution in [0.5, 0.6) is 0 Å². The van der Waals surface area contributed by atoms with E-state index in [9.17, 15) is 26.5 Å². The highest BCUT2D eigenvalue weighted by Crippen LogP contribution is 2.34. The minimum atomic E-state index is -5.98. The highest BCUT2D eigenvalue weighted by molar-refractivity contribution is 14.1. The lowest BCUT2D eigenvalue weighted by Crippen LogP contribution is -2.47. The van der Waals surface area contributed by atoms with Gasteiger partial charge >= 0.3 is 11.2 Å². The van der Waals surface area contributed by atoms with Crippen molar-refractivity contribution in [1.29, 1.82) is 0 Å². The molecule has 0 amide bonds. The fourth-order valence-electron chi connectivity index (χ4n) is 1.66. The predicted molar refractivity (Wildman–Crippen MR) is 116 cm³/mol. The molecule has 0 aliphatic heterocycles. The molecule has 24 heavy (non-hydrogen) atoms. The number of rotatable bonds is 5. The Hall–Kier alpha value is 1.38. The molecule has 0 aliphatic rings. The van der Waals surface area contributed by atoms with Crippen LogP contribution in [0.3, 0.4) is 0 Å². The summed E-state index contributed by atoms with van der Waals surface area (Å²) >= 11 is 7.73. The van der Waals surface area contributed by atoms with Gasteiger partial charge < -0.3 is 9.29 Å². The molecule has 1 rings (SSSR count). The monoisotopic (exact) mass is 811 g/mol. The van der Waals surface area contributed by atoms with Crippen LogP contribution in [0.4, 0.5) is 8.78 Å². The van der Waals surface area contributed by atoms with Gasteiger partial charge in [-0.15, -0.1) is 0 Å². The van der Waals surface area contributed by atoms with Crippen LogP contribution in [0.25, 0.3) is 0 Å². The van der Waals surface area contributed by atoms with E-state index in [1.165, 1.54) is 13.8 Å². The molecule has 5 nitrogen and oxygen atoms in total. The van der Waals surface area contributed by atoms with Crippen LogP contribution >= 0.6 is 90.4 Å². The minimum Gasteiger partial charge on any atom is -0.743 e. The normalized spacial score (nSPS) is 13.9. The summed E-state index contributed by atoms with van der Waals surface area (Å²) in [5, 5.41) is -4.72. The van der Waals surface area contributed by atoms with Gasteiger partial charge in [-0.2, -0.15) is 8.78 Å². The van der Waals surface area contributed by atoms with Crippen LogP contribution in [0.2, 0.25) is 0 Å². The summed E-state index contributed by atoms with van der Waals surface area (Å²) in [5.74, 6) is -2.17. The SMILES string of the molecule is CC(C)C(OC(=O)c1c(I)c(I)cc(I)c1I)C(F)(F)S(=O)(=O)[O-]. The van der Waals surface area contributed by atoms with Gasteiger partial charge in [0.25, 0.3) is 0 Å².